The van der Waals surface area contributed by atoms with E-state index < -0.39 is 5.60 Å². The molecule has 1 saturated heterocycles. The topological polar surface area (TPSA) is 46.6 Å². The molecule has 5 heteroatoms. The Labute approximate surface area is 164 Å². The van der Waals surface area contributed by atoms with Gasteiger partial charge in [0.05, 0.1) is 18.4 Å². The second-order valence-electron chi connectivity index (χ2n) is 8.02. The summed E-state index contributed by atoms with van der Waals surface area (Å²) in [6.45, 7) is 5.07. The number of hydrogen-bond donors (Lipinski definition) is 0. The zero-order chi connectivity index (χ0) is 19.9. The third-order valence-corrected chi connectivity index (χ3v) is 5.83. The number of nitrogens with zero attached hydrogens (tertiary/aromatic N) is 1. The van der Waals surface area contributed by atoms with Gasteiger partial charge in [0, 0.05) is 25.9 Å². The molecule has 1 spiro atoms. The molecular weight excluding hydrogens is 357 g/mol. The third kappa shape index (κ3) is 3.53. The van der Waals surface area contributed by atoms with E-state index in [2.05, 4.69) is 0 Å². The molecule has 28 heavy (non-hydrogen) atoms. The lowest BCUT2D eigenvalue weighted by Crippen LogP contribution is -2.52. The highest BCUT2D eigenvalue weighted by Crippen LogP contribution is 2.41. The second-order valence-corrected chi connectivity index (χ2v) is 8.02. The molecule has 0 saturated carbocycles. The van der Waals surface area contributed by atoms with E-state index in [0.717, 1.165) is 16.7 Å². The summed E-state index contributed by atoms with van der Waals surface area (Å²) >= 11 is 0. The molecule has 2 aromatic carbocycles. The molecule has 146 valence electrons. The molecule has 0 N–H and O–H groups in total. The van der Waals surface area contributed by atoms with E-state index in [0.29, 0.717) is 43.7 Å². The highest BCUT2D eigenvalue weighted by atomic mass is 19.1. The maximum atomic E-state index is 13.0. The van der Waals surface area contributed by atoms with Crippen LogP contribution in [0, 0.1) is 19.7 Å². The van der Waals surface area contributed by atoms with Crippen molar-refractivity contribution in [3.05, 3.63) is 64.5 Å². The predicted octanol–water partition coefficient (Wildman–Crippen LogP) is 4.01. The number of amides is 1. The van der Waals surface area contributed by atoms with Crippen LogP contribution in [0.2, 0.25) is 0 Å². The number of hydrogen-bond acceptors (Lipinski definition) is 3. The van der Waals surface area contributed by atoms with Gasteiger partial charge in [-0.2, -0.15) is 0 Å². The number of ether oxygens (including phenoxy) is 1. The molecule has 1 amide bonds. The Morgan fingerprint density at radius 3 is 2.50 bits per heavy atom. The van der Waals surface area contributed by atoms with Gasteiger partial charge in [-0.25, -0.2) is 4.39 Å². The summed E-state index contributed by atoms with van der Waals surface area (Å²) in [5.41, 5.74) is 3.02. The van der Waals surface area contributed by atoms with Crippen molar-refractivity contribution in [2.24, 2.45) is 0 Å². The monoisotopic (exact) mass is 381 g/mol. The fourth-order valence-corrected chi connectivity index (χ4v) is 4.35. The first-order chi connectivity index (χ1) is 13.3. The number of carbonyl (C=O) groups excluding carboxylic acids is 2. The molecule has 2 heterocycles. The van der Waals surface area contributed by atoms with Gasteiger partial charge in [0.25, 0.3) is 0 Å². The number of Topliss-reactive ketones (excluding diaryl/α,β-unsaturated/α-hetero) is 1. The number of rotatable bonds is 2. The van der Waals surface area contributed by atoms with Crippen LogP contribution in [-0.4, -0.2) is 35.3 Å². The first-order valence-electron chi connectivity index (χ1n) is 9.71. The highest BCUT2D eigenvalue weighted by molar-refractivity contribution is 6.01. The molecule has 4 rings (SSSR count). The lowest BCUT2D eigenvalue weighted by atomic mass is 9.81. The van der Waals surface area contributed by atoms with Crippen molar-refractivity contribution < 1.29 is 18.7 Å². The van der Waals surface area contributed by atoms with Crippen LogP contribution in [0.1, 0.15) is 46.3 Å². The molecule has 0 unspecified atom stereocenters. The molecule has 0 aliphatic carbocycles. The summed E-state index contributed by atoms with van der Waals surface area (Å²) in [5.74, 6) is 0.529. The quantitative estimate of drug-likeness (QED) is 0.790. The Morgan fingerprint density at radius 2 is 1.82 bits per heavy atom. The fourth-order valence-electron chi connectivity index (χ4n) is 4.35. The highest BCUT2D eigenvalue weighted by Gasteiger charge is 2.44. The lowest BCUT2D eigenvalue weighted by Gasteiger charge is -2.44. The minimum absolute atomic E-state index is 0.0238. The van der Waals surface area contributed by atoms with Crippen molar-refractivity contribution in [3.63, 3.8) is 0 Å². The number of carbonyl (C=O) groups is 2. The molecule has 4 nitrogen and oxygen atoms in total. The first-order valence-corrected chi connectivity index (χ1v) is 9.71. The normalized spacial score (nSPS) is 18.0. The van der Waals surface area contributed by atoms with Gasteiger partial charge in [0.15, 0.2) is 5.78 Å². The van der Waals surface area contributed by atoms with E-state index in [1.54, 1.807) is 12.1 Å². The van der Waals surface area contributed by atoms with Crippen LogP contribution in [0.3, 0.4) is 0 Å². The molecular formula is C23H24FNO3. The van der Waals surface area contributed by atoms with Crippen molar-refractivity contribution in [2.45, 2.75) is 45.1 Å². The Balaban J connectivity index is 1.44. The molecule has 0 bridgehead atoms. The molecule has 0 radical (unpaired) electrons. The van der Waals surface area contributed by atoms with Crippen molar-refractivity contribution in [1.29, 1.82) is 0 Å². The lowest BCUT2D eigenvalue weighted by molar-refractivity contribution is -0.134. The molecule has 0 atom stereocenters. The van der Waals surface area contributed by atoms with Crippen molar-refractivity contribution >= 4 is 11.7 Å². The summed E-state index contributed by atoms with van der Waals surface area (Å²) in [5, 5.41) is 0. The van der Waals surface area contributed by atoms with Gasteiger partial charge < -0.3 is 9.64 Å². The van der Waals surface area contributed by atoms with Crippen molar-refractivity contribution in [2.75, 3.05) is 13.1 Å². The summed E-state index contributed by atoms with van der Waals surface area (Å²) in [6, 6.07) is 9.97. The van der Waals surface area contributed by atoms with Crippen LogP contribution < -0.4 is 4.74 Å². The van der Waals surface area contributed by atoms with E-state index in [-0.39, 0.29) is 23.9 Å². The molecule has 2 aromatic rings. The van der Waals surface area contributed by atoms with Crippen LogP contribution in [0.4, 0.5) is 4.39 Å². The fraction of sp³-hybridized carbons (Fsp3) is 0.391. The van der Waals surface area contributed by atoms with E-state index >= 15 is 0 Å². The zero-order valence-corrected chi connectivity index (χ0v) is 16.3. The molecule has 0 aromatic heterocycles. The Kier molecular flexibility index (Phi) is 4.69. The van der Waals surface area contributed by atoms with Crippen molar-refractivity contribution in [1.82, 2.24) is 4.90 Å². The summed E-state index contributed by atoms with van der Waals surface area (Å²) in [4.78, 5) is 27.2. The van der Waals surface area contributed by atoms with Gasteiger partial charge in [-0.05, 0) is 48.7 Å². The van der Waals surface area contributed by atoms with Gasteiger partial charge in [-0.1, -0.05) is 18.2 Å². The largest absolute Gasteiger partial charge is 0.486 e. The minimum atomic E-state index is -0.517. The first kappa shape index (κ1) is 18.7. The third-order valence-electron chi connectivity index (χ3n) is 5.83. The number of aryl methyl sites for hydroxylation is 2. The van der Waals surface area contributed by atoms with Crippen LogP contribution in [0.15, 0.2) is 36.4 Å². The summed E-state index contributed by atoms with van der Waals surface area (Å²) in [7, 11) is 0. The van der Waals surface area contributed by atoms with E-state index in [1.807, 2.05) is 30.9 Å². The number of likely N-dealkylation sites (tertiary alicyclic amines) is 1. The Bertz CT molecular complexity index is 928. The van der Waals surface area contributed by atoms with E-state index in [1.165, 1.54) is 12.1 Å². The molecule has 1 fully saturated rings. The van der Waals surface area contributed by atoms with Crippen LogP contribution in [0.5, 0.6) is 5.75 Å². The number of fused-ring (bicyclic) bond motifs is 1. The number of piperidine rings is 1. The number of ketones is 1. The standard InChI is InChI=1S/C23H24FNO3/c1-15-11-16(2)22-19(26)14-23(28-20(22)12-15)7-9-25(10-8-23)21(27)13-17-3-5-18(24)6-4-17/h3-6,11-12H,7-10,13-14H2,1-2H3. The molecule has 2 aliphatic heterocycles. The summed E-state index contributed by atoms with van der Waals surface area (Å²) < 4.78 is 19.4. The Morgan fingerprint density at radius 1 is 1.14 bits per heavy atom. The number of benzene rings is 2. The van der Waals surface area contributed by atoms with Gasteiger partial charge in [0.2, 0.25) is 5.91 Å². The van der Waals surface area contributed by atoms with Gasteiger partial charge in [-0.3, -0.25) is 9.59 Å². The van der Waals surface area contributed by atoms with E-state index in [9.17, 15) is 14.0 Å². The van der Waals surface area contributed by atoms with Crippen molar-refractivity contribution in [3.8, 4) is 5.75 Å². The van der Waals surface area contributed by atoms with Crippen LogP contribution in [0.25, 0.3) is 0 Å². The predicted molar refractivity (Wildman–Crippen MR) is 104 cm³/mol. The van der Waals surface area contributed by atoms with Gasteiger partial charge >= 0.3 is 0 Å². The average molecular weight is 381 g/mol. The van der Waals surface area contributed by atoms with Crippen LogP contribution >= 0.6 is 0 Å². The SMILES string of the molecule is Cc1cc(C)c2c(c1)OC1(CCN(C(=O)Cc3ccc(F)cc3)CC1)CC2=O. The van der Waals surface area contributed by atoms with E-state index in [4.69, 9.17) is 4.74 Å². The average Bonchev–Trinajstić information content (AvgIpc) is 2.63. The number of halogens is 1. The zero-order valence-electron chi connectivity index (χ0n) is 16.3. The van der Waals surface area contributed by atoms with Gasteiger partial charge in [0.1, 0.15) is 17.2 Å². The second kappa shape index (κ2) is 7.04. The summed E-state index contributed by atoms with van der Waals surface area (Å²) in [6.07, 6.45) is 1.90. The maximum Gasteiger partial charge on any atom is 0.226 e. The molecule has 2 aliphatic rings. The van der Waals surface area contributed by atoms with Gasteiger partial charge in [-0.15, -0.1) is 0 Å². The minimum Gasteiger partial charge on any atom is -0.486 e. The van der Waals surface area contributed by atoms with Crippen LogP contribution in [-0.2, 0) is 11.2 Å². The maximum absolute atomic E-state index is 13.0. The smallest absolute Gasteiger partial charge is 0.226 e. The Hall–Kier alpha value is -2.69.